The zero-order valence-corrected chi connectivity index (χ0v) is 25.7. The third-order valence-electron chi connectivity index (χ3n) is 9.13. The second-order valence-corrected chi connectivity index (χ2v) is 12.5. The van der Waals surface area contributed by atoms with E-state index in [0.29, 0.717) is 13.0 Å². The molecule has 8 bridgehead atoms. The average molecular weight is 577 g/mol. The molecule has 4 heterocycles. The van der Waals surface area contributed by atoms with Crippen LogP contribution in [0.15, 0.2) is 66.3 Å². The number of hydrogen-bond acceptors (Lipinski definition) is 6. The molecule has 0 aromatic heterocycles. The Morgan fingerprint density at radius 2 is 1.81 bits per heavy atom. The Morgan fingerprint density at radius 1 is 1.00 bits per heavy atom. The average Bonchev–Trinajstić information content (AvgIpc) is 2.96. The molecular formula is C36H48O6. The number of esters is 1. The largest absolute Gasteiger partial charge is 0.458 e. The van der Waals surface area contributed by atoms with Crippen molar-refractivity contribution in [2.45, 2.75) is 116 Å². The number of hydrogen-bond donors (Lipinski definition) is 0. The number of rotatable bonds is 2. The Balaban J connectivity index is 1.42. The quantitative estimate of drug-likeness (QED) is 0.266. The minimum atomic E-state index is -0.391. The number of benzene rings is 1. The molecule has 0 N–H and O–H groups in total. The van der Waals surface area contributed by atoms with Gasteiger partial charge in [0.2, 0.25) is 0 Å². The molecule has 3 fully saturated rings. The van der Waals surface area contributed by atoms with Gasteiger partial charge in [-0.3, -0.25) is 0 Å². The van der Waals surface area contributed by atoms with E-state index < -0.39 is 6.29 Å². The standard InChI is InChI=1S/C36H48O6/c1-6-10-24(3)34-26(5)35-25(4)32(41-34)15-8-12-27-11-7-13-28(21-27)36-38-18-17-30(40-36)22-31-20-23(2)19-29(39-31)14-9-16-33(37)42-35/h7-13,16,21,25-26,29-32,34-36H,2,6,14-15,17-20,22H2,1,3-5H3. The van der Waals surface area contributed by atoms with E-state index in [4.69, 9.17) is 23.7 Å². The predicted molar refractivity (Wildman–Crippen MR) is 165 cm³/mol. The first kappa shape index (κ1) is 30.9. The molecule has 9 atom stereocenters. The second kappa shape index (κ2) is 14.3. The maximum atomic E-state index is 13.1. The van der Waals surface area contributed by atoms with Crippen LogP contribution in [0.4, 0.5) is 0 Å². The van der Waals surface area contributed by atoms with Crippen molar-refractivity contribution in [2.75, 3.05) is 6.61 Å². The number of carbonyl (C=O) groups excluding carboxylic acids is 1. The van der Waals surface area contributed by atoms with Crippen molar-refractivity contribution >= 4 is 12.0 Å². The van der Waals surface area contributed by atoms with E-state index in [1.165, 1.54) is 11.1 Å². The lowest BCUT2D eigenvalue weighted by molar-refractivity contribution is -0.225. The van der Waals surface area contributed by atoms with Gasteiger partial charge in [-0.2, -0.15) is 0 Å². The lowest BCUT2D eigenvalue weighted by Gasteiger charge is -2.44. The Labute approximate surface area is 251 Å². The second-order valence-electron chi connectivity index (χ2n) is 12.5. The number of carbonyl (C=O) groups is 1. The Bertz CT molecular complexity index is 1180. The zero-order valence-electron chi connectivity index (χ0n) is 25.7. The molecule has 4 aliphatic rings. The lowest BCUT2D eigenvalue weighted by atomic mass is 9.79. The van der Waals surface area contributed by atoms with E-state index in [-0.39, 0.29) is 54.4 Å². The number of ether oxygens (including phenoxy) is 5. The van der Waals surface area contributed by atoms with Crippen molar-refractivity contribution in [3.63, 3.8) is 0 Å². The van der Waals surface area contributed by atoms with Gasteiger partial charge in [0.1, 0.15) is 6.10 Å². The van der Waals surface area contributed by atoms with Gasteiger partial charge >= 0.3 is 5.97 Å². The first-order valence-corrected chi connectivity index (χ1v) is 15.9. The SMILES string of the molecule is C=C1CC2CC=CC(=O)OC3C(C)C(CC=Cc4cccc(c4)C4OCCC(CC(C1)O2)O4)OC(C(C)=CCC)C3C. The van der Waals surface area contributed by atoms with E-state index in [0.717, 1.165) is 49.7 Å². The van der Waals surface area contributed by atoms with Crippen LogP contribution in [0.1, 0.15) is 90.1 Å². The third kappa shape index (κ3) is 7.71. The molecule has 6 heteroatoms. The monoisotopic (exact) mass is 576 g/mol. The van der Waals surface area contributed by atoms with Gasteiger partial charge in [0.05, 0.1) is 37.1 Å². The highest BCUT2D eigenvalue weighted by Gasteiger charge is 2.43. The van der Waals surface area contributed by atoms with Crippen LogP contribution in [0.2, 0.25) is 0 Å². The summed E-state index contributed by atoms with van der Waals surface area (Å²) in [6.45, 7) is 13.5. The fraction of sp³-hybridized carbons (Fsp3) is 0.583. The van der Waals surface area contributed by atoms with Crippen molar-refractivity contribution < 1.29 is 28.5 Å². The summed E-state index contributed by atoms with van der Waals surface area (Å²) >= 11 is 0. The van der Waals surface area contributed by atoms with E-state index >= 15 is 0 Å². The van der Waals surface area contributed by atoms with Gasteiger partial charge in [0.15, 0.2) is 6.29 Å². The van der Waals surface area contributed by atoms with E-state index in [1.54, 1.807) is 6.08 Å². The highest BCUT2D eigenvalue weighted by Crippen LogP contribution is 2.38. The fourth-order valence-electron chi connectivity index (χ4n) is 6.98. The summed E-state index contributed by atoms with van der Waals surface area (Å²) in [4.78, 5) is 13.1. The van der Waals surface area contributed by atoms with Crippen LogP contribution >= 0.6 is 0 Å². The van der Waals surface area contributed by atoms with Crippen LogP contribution in [0.5, 0.6) is 0 Å². The van der Waals surface area contributed by atoms with Gasteiger partial charge in [0, 0.05) is 29.9 Å². The normalized spacial score (nSPS) is 36.6. The van der Waals surface area contributed by atoms with Crippen molar-refractivity contribution in [3.8, 4) is 0 Å². The molecule has 0 aliphatic carbocycles. The topological polar surface area (TPSA) is 63.2 Å². The van der Waals surface area contributed by atoms with Crippen molar-refractivity contribution in [1.29, 1.82) is 0 Å². The summed E-state index contributed by atoms with van der Waals surface area (Å²) in [5.41, 5.74) is 4.49. The minimum absolute atomic E-state index is 0.00989. The van der Waals surface area contributed by atoms with Crippen LogP contribution in [-0.4, -0.2) is 49.2 Å². The lowest BCUT2D eigenvalue weighted by Crippen LogP contribution is -2.50. The van der Waals surface area contributed by atoms with Gasteiger partial charge in [-0.1, -0.05) is 75.4 Å². The van der Waals surface area contributed by atoms with E-state index in [2.05, 4.69) is 76.8 Å². The Morgan fingerprint density at radius 3 is 2.64 bits per heavy atom. The summed E-state index contributed by atoms with van der Waals surface area (Å²) in [6.07, 6.45) is 14.8. The van der Waals surface area contributed by atoms with Crippen LogP contribution in [-0.2, 0) is 28.5 Å². The van der Waals surface area contributed by atoms with Gasteiger partial charge in [-0.15, -0.1) is 0 Å². The van der Waals surface area contributed by atoms with Crippen LogP contribution in [0, 0.1) is 11.8 Å². The first-order valence-electron chi connectivity index (χ1n) is 15.9. The number of fused-ring (bicyclic) bond motifs is 9. The molecule has 3 saturated heterocycles. The molecular weight excluding hydrogens is 528 g/mol. The van der Waals surface area contributed by atoms with E-state index in [1.807, 2.05) is 6.08 Å². The first-order chi connectivity index (χ1) is 20.3. The summed E-state index contributed by atoms with van der Waals surface area (Å²) in [5.74, 6) is -0.218. The Kier molecular flexibility index (Phi) is 10.5. The molecule has 0 amide bonds. The van der Waals surface area contributed by atoms with E-state index in [9.17, 15) is 4.79 Å². The molecule has 5 rings (SSSR count). The summed E-state index contributed by atoms with van der Waals surface area (Å²) in [5, 5.41) is 0. The number of allylic oxidation sites excluding steroid dienone is 1. The summed E-state index contributed by atoms with van der Waals surface area (Å²) in [7, 11) is 0. The van der Waals surface area contributed by atoms with Gasteiger partial charge in [-0.05, 0) is 62.7 Å². The molecule has 4 aliphatic heterocycles. The van der Waals surface area contributed by atoms with Gasteiger partial charge in [-0.25, -0.2) is 4.79 Å². The molecule has 0 saturated carbocycles. The molecule has 0 radical (unpaired) electrons. The predicted octanol–water partition coefficient (Wildman–Crippen LogP) is 7.66. The Hall–Kier alpha value is -2.51. The van der Waals surface area contributed by atoms with Crippen LogP contribution < -0.4 is 0 Å². The smallest absolute Gasteiger partial charge is 0.330 e. The fourth-order valence-corrected chi connectivity index (χ4v) is 6.98. The maximum absolute atomic E-state index is 13.1. The van der Waals surface area contributed by atoms with Crippen LogP contribution in [0.25, 0.3) is 6.08 Å². The van der Waals surface area contributed by atoms with Crippen molar-refractivity contribution in [2.24, 2.45) is 11.8 Å². The van der Waals surface area contributed by atoms with Crippen molar-refractivity contribution in [3.05, 3.63) is 77.4 Å². The summed E-state index contributed by atoms with van der Waals surface area (Å²) in [6, 6.07) is 8.36. The maximum Gasteiger partial charge on any atom is 0.330 e. The van der Waals surface area contributed by atoms with Crippen molar-refractivity contribution in [1.82, 2.24) is 0 Å². The van der Waals surface area contributed by atoms with Gasteiger partial charge < -0.3 is 23.7 Å². The molecule has 228 valence electrons. The molecule has 6 nitrogen and oxygen atoms in total. The highest BCUT2D eigenvalue weighted by atomic mass is 16.7. The molecule has 42 heavy (non-hydrogen) atoms. The molecule has 1 aromatic rings. The molecule has 1 aromatic carbocycles. The molecule has 0 spiro atoms. The molecule has 9 unspecified atom stereocenters. The highest BCUT2D eigenvalue weighted by molar-refractivity contribution is 5.82. The van der Waals surface area contributed by atoms with Crippen LogP contribution in [0.3, 0.4) is 0 Å². The van der Waals surface area contributed by atoms with Gasteiger partial charge in [0.25, 0.3) is 0 Å². The minimum Gasteiger partial charge on any atom is -0.458 e. The summed E-state index contributed by atoms with van der Waals surface area (Å²) < 4.78 is 31.8. The third-order valence-corrected chi connectivity index (χ3v) is 9.13. The zero-order chi connectivity index (χ0) is 29.6.